The number of non-ortho nitro benzene ring substituents is 1. The molecule has 43 heavy (non-hydrogen) atoms. The maximum Gasteiger partial charge on any atom is 0.511 e. The molecule has 0 spiro atoms. The Kier molecular flexibility index (Phi) is 9.58. The minimum atomic E-state index is -1.56. The normalized spacial score (nSPS) is 13.0. The molecule has 1 aliphatic rings. The number of hydrogen-bond donors (Lipinski definition) is 3. The van der Waals surface area contributed by atoms with E-state index in [-0.39, 0.29) is 42.8 Å². The number of nitro groups is 1. The number of benzene rings is 3. The van der Waals surface area contributed by atoms with Crippen molar-refractivity contribution in [3.8, 4) is 5.75 Å². The zero-order valence-corrected chi connectivity index (χ0v) is 22.6. The van der Waals surface area contributed by atoms with E-state index in [4.69, 9.17) is 9.84 Å². The summed E-state index contributed by atoms with van der Waals surface area (Å²) in [5, 5.41) is 25.6. The maximum absolute atomic E-state index is 13.3. The van der Waals surface area contributed by atoms with Crippen LogP contribution >= 0.6 is 0 Å². The van der Waals surface area contributed by atoms with E-state index in [1.54, 1.807) is 36.4 Å². The van der Waals surface area contributed by atoms with Crippen LogP contribution in [0.15, 0.2) is 84.9 Å². The van der Waals surface area contributed by atoms with Gasteiger partial charge in [-0.3, -0.25) is 34.2 Å². The van der Waals surface area contributed by atoms with Gasteiger partial charge in [-0.05, 0) is 29.3 Å². The standard InChI is InChI=1S/C30H26N4O9/c35-26(14-15-33-27(36)12-13-28(33)37)32-24(17-19-4-2-1-3-5-19)29(38)31-22-8-6-20(7-9-22)16-21-18-23(34(41)42)10-11-25(21)43-30(39)40/h1-13,18,24H,14-17H2,(H,31,38)(H,32,35)(H,39,40)/t24-/m0/s1. The van der Waals surface area contributed by atoms with Crippen molar-refractivity contribution in [2.75, 3.05) is 11.9 Å². The second-order valence-corrected chi connectivity index (χ2v) is 9.50. The summed E-state index contributed by atoms with van der Waals surface area (Å²) in [7, 11) is 0. The molecule has 3 aromatic carbocycles. The number of rotatable bonds is 12. The number of anilines is 1. The summed E-state index contributed by atoms with van der Waals surface area (Å²) in [5.41, 5.74) is 1.92. The molecular weight excluding hydrogens is 560 g/mol. The third-order valence-corrected chi connectivity index (χ3v) is 6.47. The molecule has 4 amide bonds. The van der Waals surface area contributed by atoms with Crippen molar-refractivity contribution in [1.29, 1.82) is 0 Å². The molecule has 1 aliphatic heterocycles. The van der Waals surface area contributed by atoms with E-state index >= 15 is 0 Å². The van der Waals surface area contributed by atoms with Gasteiger partial charge < -0.3 is 20.5 Å². The molecule has 13 nitrogen and oxygen atoms in total. The molecule has 0 saturated heterocycles. The van der Waals surface area contributed by atoms with Crippen LogP contribution in [0.4, 0.5) is 16.2 Å². The lowest BCUT2D eigenvalue weighted by atomic mass is 10.0. The van der Waals surface area contributed by atoms with Gasteiger partial charge in [0.15, 0.2) is 0 Å². The molecule has 4 rings (SSSR count). The number of nitro benzene ring substituents is 1. The number of carboxylic acid groups (broad SMARTS) is 1. The number of carbonyl (C=O) groups is 5. The van der Waals surface area contributed by atoms with E-state index < -0.39 is 40.7 Å². The fourth-order valence-corrected chi connectivity index (χ4v) is 4.36. The van der Waals surface area contributed by atoms with Crippen molar-refractivity contribution in [2.45, 2.75) is 25.3 Å². The van der Waals surface area contributed by atoms with Crippen LogP contribution in [-0.2, 0) is 32.0 Å². The Morgan fingerprint density at radius 3 is 2.23 bits per heavy atom. The molecular formula is C30H26N4O9. The predicted octanol–water partition coefficient (Wildman–Crippen LogP) is 3.22. The van der Waals surface area contributed by atoms with Crippen molar-refractivity contribution in [2.24, 2.45) is 0 Å². The first-order valence-electron chi connectivity index (χ1n) is 13.0. The van der Waals surface area contributed by atoms with E-state index in [0.29, 0.717) is 11.3 Å². The SMILES string of the molecule is O=C(CCN1C(=O)C=CC1=O)N[C@@H](Cc1ccccc1)C(=O)Nc1ccc(Cc2cc([N+](=O)[O-])ccc2OC(=O)O)cc1. The van der Waals surface area contributed by atoms with Crippen LogP contribution in [0.3, 0.4) is 0 Å². The largest absolute Gasteiger partial charge is 0.511 e. The summed E-state index contributed by atoms with van der Waals surface area (Å²) < 4.78 is 4.76. The third-order valence-electron chi connectivity index (χ3n) is 6.47. The Balaban J connectivity index is 1.43. The van der Waals surface area contributed by atoms with Gasteiger partial charge in [-0.1, -0.05) is 42.5 Å². The zero-order chi connectivity index (χ0) is 30.9. The Labute approximate surface area is 244 Å². The fourth-order valence-electron chi connectivity index (χ4n) is 4.36. The molecule has 3 N–H and O–H groups in total. The molecule has 220 valence electrons. The van der Waals surface area contributed by atoms with Crippen LogP contribution in [-0.4, -0.2) is 57.3 Å². The summed E-state index contributed by atoms with van der Waals surface area (Å²) in [6, 6.07) is 18.2. The van der Waals surface area contributed by atoms with Crippen LogP contribution in [0.1, 0.15) is 23.1 Å². The van der Waals surface area contributed by atoms with Crippen molar-refractivity contribution in [1.82, 2.24) is 10.2 Å². The van der Waals surface area contributed by atoms with Gasteiger partial charge in [0.05, 0.1) is 4.92 Å². The Bertz CT molecular complexity index is 1570. The van der Waals surface area contributed by atoms with Gasteiger partial charge in [0, 0.05) is 61.3 Å². The van der Waals surface area contributed by atoms with Gasteiger partial charge in [0.1, 0.15) is 11.8 Å². The number of amides is 4. The third kappa shape index (κ3) is 8.33. The molecule has 0 saturated carbocycles. The first-order chi connectivity index (χ1) is 20.6. The molecule has 1 atom stereocenters. The summed E-state index contributed by atoms with van der Waals surface area (Å²) in [6.07, 6.45) is 0.812. The highest BCUT2D eigenvalue weighted by Crippen LogP contribution is 2.27. The van der Waals surface area contributed by atoms with E-state index in [1.165, 1.54) is 12.1 Å². The quantitative estimate of drug-likeness (QED) is 0.0942. The topological polar surface area (TPSA) is 185 Å². The Morgan fingerprint density at radius 1 is 0.930 bits per heavy atom. The predicted molar refractivity (Wildman–Crippen MR) is 152 cm³/mol. The molecule has 3 aromatic rings. The highest BCUT2D eigenvalue weighted by molar-refractivity contribution is 6.13. The average molecular weight is 587 g/mol. The number of nitrogens with zero attached hydrogens (tertiary/aromatic N) is 2. The van der Waals surface area contributed by atoms with Gasteiger partial charge >= 0.3 is 6.16 Å². The van der Waals surface area contributed by atoms with Crippen LogP contribution in [0.25, 0.3) is 0 Å². The minimum Gasteiger partial charge on any atom is -0.449 e. The van der Waals surface area contributed by atoms with Crippen LogP contribution in [0.2, 0.25) is 0 Å². The molecule has 0 fully saturated rings. The number of imide groups is 1. The molecule has 0 aliphatic carbocycles. The van der Waals surface area contributed by atoms with E-state index in [2.05, 4.69) is 10.6 Å². The van der Waals surface area contributed by atoms with Crippen molar-refractivity contribution < 1.29 is 38.7 Å². The summed E-state index contributed by atoms with van der Waals surface area (Å²) in [5.74, 6) is -2.07. The zero-order valence-electron chi connectivity index (χ0n) is 22.6. The molecule has 0 radical (unpaired) electrons. The molecule has 0 bridgehead atoms. The minimum absolute atomic E-state index is 0.0373. The summed E-state index contributed by atoms with van der Waals surface area (Å²) >= 11 is 0. The van der Waals surface area contributed by atoms with Gasteiger partial charge in [-0.25, -0.2) is 4.79 Å². The average Bonchev–Trinajstić information content (AvgIpc) is 3.30. The van der Waals surface area contributed by atoms with Crippen molar-refractivity contribution in [3.05, 3.63) is 112 Å². The summed E-state index contributed by atoms with van der Waals surface area (Å²) in [4.78, 5) is 72.1. The summed E-state index contributed by atoms with van der Waals surface area (Å²) in [6.45, 7) is -0.124. The smallest absolute Gasteiger partial charge is 0.449 e. The Morgan fingerprint density at radius 2 is 1.60 bits per heavy atom. The number of nitrogens with one attached hydrogen (secondary N) is 2. The van der Waals surface area contributed by atoms with Gasteiger partial charge in [0.2, 0.25) is 11.8 Å². The number of hydrogen-bond acceptors (Lipinski definition) is 8. The molecule has 0 aromatic heterocycles. The van der Waals surface area contributed by atoms with Crippen LogP contribution in [0.5, 0.6) is 5.75 Å². The highest BCUT2D eigenvalue weighted by Gasteiger charge is 2.26. The van der Waals surface area contributed by atoms with Gasteiger partial charge in [-0.2, -0.15) is 0 Å². The fraction of sp³-hybridized carbons (Fsp3) is 0.167. The lowest BCUT2D eigenvalue weighted by Gasteiger charge is -2.20. The molecule has 13 heteroatoms. The molecule has 1 heterocycles. The monoisotopic (exact) mass is 586 g/mol. The second kappa shape index (κ2) is 13.7. The van der Waals surface area contributed by atoms with Crippen LogP contribution in [0, 0.1) is 10.1 Å². The van der Waals surface area contributed by atoms with Crippen molar-refractivity contribution in [3.63, 3.8) is 0 Å². The molecule has 0 unspecified atom stereocenters. The first-order valence-corrected chi connectivity index (χ1v) is 13.0. The van der Waals surface area contributed by atoms with E-state index in [1.807, 2.05) is 18.2 Å². The van der Waals surface area contributed by atoms with E-state index in [9.17, 15) is 34.1 Å². The second-order valence-electron chi connectivity index (χ2n) is 9.50. The highest BCUT2D eigenvalue weighted by atomic mass is 16.7. The van der Waals surface area contributed by atoms with Gasteiger partial charge in [0.25, 0.3) is 17.5 Å². The lowest BCUT2D eigenvalue weighted by molar-refractivity contribution is -0.384. The maximum atomic E-state index is 13.3. The Hall–Kier alpha value is -5.85. The van der Waals surface area contributed by atoms with Crippen molar-refractivity contribution >= 4 is 41.2 Å². The van der Waals surface area contributed by atoms with Gasteiger partial charge in [-0.15, -0.1) is 0 Å². The number of ether oxygens (including phenoxy) is 1. The van der Waals surface area contributed by atoms with E-state index in [0.717, 1.165) is 28.7 Å². The van der Waals surface area contributed by atoms with Crippen LogP contribution < -0.4 is 15.4 Å². The number of carbonyl (C=O) groups excluding carboxylic acids is 4. The first kappa shape index (κ1) is 30.1. The lowest BCUT2D eigenvalue weighted by Crippen LogP contribution is -2.46.